The Bertz CT molecular complexity index is 1550. The zero-order valence-electron chi connectivity index (χ0n) is 25.2. The number of rotatable bonds is 13. The van der Waals surface area contributed by atoms with Crippen LogP contribution in [-0.4, -0.2) is 77.6 Å². The van der Waals surface area contributed by atoms with Crippen LogP contribution in [0.1, 0.15) is 59.4 Å². The number of hydrogen-bond donors (Lipinski definition) is 2. The smallest absolute Gasteiger partial charge is 0.339 e. The highest BCUT2D eigenvalue weighted by atomic mass is 32.2. The van der Waals surface area contributed by atoms with E-state index in [0.717, 1.165) is 10.1 Å². The molecule has 0 radical (unpaired) electrons. The summed E-state index contributed by atoms with van der Waals surface area (Å²) in [6.07, 6.45) is 0.177. The summed E-state index contributed by atoms with van der Waals surface area (Å²) in [4.78, 5) is 48.4. The van der Waals surface area contributed by atoms with E-state index in [9.17, 15) is 22.8 Å². The predicted octanol–water partition coefficient (Wildman–Crippen LogP) is 0.558. The Morgan fingerprint density at radius 3 is 2.38 bits per heavy atom. The number of carbonyl (C=O) groups is 2. The maximum Gasteiger partial charge on any atom is 0.339 e. The van der Waals surface area contributed by atoms with Crippen LogP contribution in [0, 0.1) is 5.92 Å². The van der Waals surface area contributed by atoms with Crippen LogP contribution in [0.5, 0.6) is 0 Å². The van der Waals surface area contributed by atoms with Crippen molar-refractivity contribution in [2.24, 2.45) is 16.6 Å². The molecular weight excluding hydrogens is 562 g/mol. The largest absolute Gasteiger partial charge is 0.464 e. The molecule has 0 bridgehead atoms. The van der Waals surface area contributed by atoms with Crippen molar-refractivity contribution in [2.45, 2.75) is 72.8 Å². The minimum atomic E-state index is -3.73. The van der Waals surface area contributed by atoms with Gasteiger partial charge in [-0.1, -0.05) is 58.0 Å². The molecule has 0 saturated heterocycles. The Hall–Kier alpha value is -3.65. The van der Waals surface area contributed by atoms with Gasteiger partial charge in [0.15, 0.2) is 11.8 Å². The van der Waals surface area contributed by atoms with Crippen LogP contribution >= 0.6 is 0 Å². The van der Waals surface area contributed by atoms with Gasteiger partial charge in [-0.25, -0.2) is 32.4 Å². The number of nitrogens with one attached hydrogen (secondary N) is 1. The molecule has 2 aromatic rings. The summed E-state index contributed by atoms with van der Waals surface area (Å²) in [5, 5.41) is 0.0410. The van der Waals surface area contributed by atoms with Crippen molar-refractivity contribution in [3.63, 3.8) is 0 Å². The van der Waals surface area contributed by atoms with Gasteiger partial charge in [0.2, 0.25) is 10.0 Å². The maximum absolute atomic E-state index is 14.1. The number of likely N-dealkylation sites (N-methyl/N-ethyl adjacent to an activating group) is 1. The summed E-state index contributed by atoms with van der Waals surface area (Å²) in [7, 11) is -2.28. The number of nitrogens with zero attached hydrogens (tertiary/aromatic N) is 5. The molecule has 2 atom stereocenters. The molecule has 1 aromatic heterocycles. The molecule has 1 aliphatic rings. The van der Waals surface area contributed by atoms with Crippen molar-refractivity contribution in [2.75, 3.05) is 26.0 Å². The van der Waals surface area contributed by atoms with Crippen LogP contribution in [0.4, 0.5) is 4.79 Å². The van der Waals surface area contributed by atoms with Crippen molar-refractivity contribution in [3.05, 3.63) is 57.2 Å². The molecule has 2 unspecified atom stereocenters. The van der Waals surface area contributed by atoms with Crippen LogP contribution in [-0.2, 0) is 26.1 Å². The molecule has 1 amide bonds. The van der Waals surface area contributed by atoms with Crippen LogP contribution in [0.15, 0.2) is 40.1 Å². The second kappa shape index (κ2) is 14.0. The first-order chi connectivity index (χ1) is 19.9. The molecule has 232 valence electrons. The zero-order chi connectivity index (χ0) is 31.2. The second-order valence-corrected chi connectivity index (χ2v) is 12.5. The number of benzene rings is 1. The SMILES string of the molecule is CCCN1C(N)=c2c(n(Cc3ccccc3)c(=O)n2C(=O)N(C)C(CC(C)C)C(=O)OCC)=NC1NS(=O)(=O)CCC. The fraction of sp³-hybridized carbons (Fsp3) is 0.571. The van der Waals surface area contributed by atoms with Crippen molar-refractivity contribution in [3.8, 4) is 0 Å². The number of nitrogens with two attached hydrogens (primary N) is 1. The van der Waals surface area contributed by atoms with Gasteiger partial charge in [0.1, 0.15) is 17.2 Å². The van der Waals surface area contributed by atoms with E-state index in [1.807, 2.05) is 51.1 Å². The van der Waals surface area contributed by atoms with Crippen LogP contribution in [0.25, 0.3) is 5.82 Å². The summed E-state index contributed by atoms with van der Waals surface area (Å²) in [6.45, 7) is 9.66. The lowest BCUT2D eigenvalue weighted by Gasteiger charge is -2.33. The Labute approximate surface area is 246 Å². The number of esters is 1. The molecule has 0 saturated carbocycles. The number of fused-ring (bicyclic) bond motifs is 1. The van der Waals surface area contributed by atoms with Gasteiger partial charge in [0.25, 0.3) is 0 Å². The molecule has 0 aliphatic carbocycles. The standard InChI is InChI=1S/C28H43N7O6S/c1-7-15-33-23(29)22-24(30-26(33)31-42(39,40)16-8-2)34(18-20-13-11-10-12-14-20)28(38)35(22)27(37)32(6)21(17-19(4)5)25(36)41-9-3/h10-14,19,21,26,31H,7-9,15-18,29H2,1-6H3. The van der Waals surface area contributed by atoms with E-state index in [4.69, 9.17) is 10.5 Å². The molecule has 14 heteroatoms. The van der Waals surface area contributed by atoms with Gasteiger partial charge in [-0.05, 0) is 37.7 Å². The van der Waals surface area contributed by atoms with E-state index in [-0.39, 0.29) is 41.5 Å². The van der Waals surface area contributed by atoms with Gasteiger partial charge < -0.3 is 20.3 Å². The van der Waals surface area contributed by atoms with E-state index < -0.39 is 40.0 Å². The van der Waals surface area contributed by atoms with E-state index in [2.05, 4.69) is 9.71 Å². The van der Waals surface area contributed by atoms with Gasteiger partial charge in [0, 0.05) is 13.6 Å². The summed E-state index contributed by atoms with van der Waals surface area (Å²) >= 11 is 0. The first kappa shape index (κ1) is 32.9. The van der Waals surface area contributed by atoms with Crippen LogP contribution < -0.4 is 27.0 Å². The van der Waals surface area contributed by atoms with E-state index in [0.29, 0.717) is 25.8 Å². The van der Waals surface area contributed by atoms with Gasteiger partial charge in [0.05, 0.1) is 18.9 Å². The second-order valence-electron chi connectivity index (χ2n) is 10.7. The minimum Gasteiger partial charge on any atom is -0.464 e. The quantitative estimate of drug-likeness (QED) is 0.313. The van der Waals surface area contributed by atoms with Gasteiger partial charge >= 0.3 is 17.7 Å². The molecule has 3 N–H and O–H groups in total. The van der Waals surface area contributed by atoms with Crippen molar-refractivity contribution in [1.82, 2.24) is 23.7 Å². The van der Waals surface area contributed by atoms with E-state index in [1.165, 1.54) is 21.4 Å². The summed E-state index contributed by atoms with van der Waals surface area (Å²) < 4.78 is 35.6. The lowest BCUT2D eigenvalue weighted by Crippen LogP contribution is -2.58. The number of carbonyl (C=O) groups excluding carboxylic acids is 2. The average Bonchev–Trinajstić information content (AvgIpc) is 3.20. The third-order valence-electron chi connectivity index (χ3n) is 6.82. The highest BCUT2D eigenvalue weighted by molar-refractivity contribution is 7.89. The molecule has 0 spiro atoms. The van der Waals surface area contributed by atoms with Crippen LogP contribution in [0.2, 0.25) is 0 Å². The number of imidazole rings is 1. The molecule has 42 heavy (non-hydrogen) atoms. The first-order valence-corrected chi connectivity index (χ1v) is 15.9. The highest BCUT2D eigenvalue weighted by Gasteiger charge is 2.35. The number of ether oxygens (including phenoxy) is 1. The van der Waals surface area contributed by atoms with Crippen molar-refractivity contribution >= 4 is 27.8 Å². The van der Waals surface area contributed by atoms with Crippen molar-refractivity contribution < 1.29 is 22.7 Å². The first-order valence-electron chi connectivity index (χ1n) is 14.3. The third kappa shape index (κ3) is 7.21. The Morgan fingerprint density at radius 2 is 1.81 bits per heavy atom. The lowest BCUT2D eigenvalue weighted by atomic mass is 10.0. The maximum atomic E-state index is 14.1. The van der Waals surface area contributed by atoms with E-state index >= 15 is 0 Å². The predicted molar refractivity (Wildman–Crippen MR) is 159 cm³/mol. The molecule has 3 rings (SSSR count). The van der Waals surface area contributed by atoms with Crippen LogP contribution in [0.3, 0.4) is 0 Å². The number of hydrogen-bond acceptors (Lipinski definition) is 9. The lowest BCUT2D eigenvalue weighted by molar-refractivity contribution is -0.148. The third-order valence-corrected chi connectivity index (χ3v) is 8.34. The number of sulfonamides is 1. The summed E-state index contributed by atoms with van der Waals surface area (Å²) in [5.41, 5.74) is 6.76. The molecular formula is C28H43N7O6S. The average molecular weight is 606 g/mol. The molecule has 1 aliphatic heterocycles. The van der Waals surface area contributed by atoms with E-state index in [1.54, 1.807) is 13.8 Å². The summed E-state index contributed by atoms with van der Waals surface area (Å²) in [5.74, 6) is -0.620. The monoisotopic (exact) mass is 605 g/mol. The highest BCUT2D eigenvalue weighted by Crippen LogP contribution is 2.14. The van der Waals surface area contributed by atoms with Gasteiger partial charge in [-0.15, -0.1) is 0 Å². The minimum absolute atomic E-state index is 0.0215. The van der Waals surface area contributed by atoms with Gasteiger partial charge in [-0.3, -0.25) is 4.57 Å². The Kier molecular flexibility index (Phi) is 11.0. The normalized spacial score (nSPS) is 15.7. The molecule has 2 heterocycles. The topological polar surface area (TPSA) is 161 Å². The Morgan fingerprint density at radius 1 is 1.14 bits per heavy atom. The number of aromatic nitrogens is 2. The fourth-order valence-electron chi connectivity index (χ4n) is 4.88. The van der Waals surface area contributed by atoms with Crippen molar-refractivity contribution in [1.29, 1.82) is 0 Å². The zero-order valence-corrected chi connectivity index (χ0v) is 26.1. The summed E-state index contributed by atoms with van der Waals surface area (Å²) in [6, 6.07) is 7.41. The fourth-order valence-corrected chi connectivity index (χ4v) is 6.04. The molecule has 1 aromatic carbocycles. The molecule has 0 fully saturated rings. The number of amides is 1. The Balaban J connectivity index is 2.30. The molecule has 13 nitrogen and oxygen atoms in total. The van der Waals surface area contributed by atoms with Gasteiger partial charge in [-0.2, -0.15) is 4.72 Å².